The van der Waals surface area contributed by atoms with E-state index in [9.17, 15) is 4.79 Å². The Morgan fingerprint density at radius 2 is 2.24 bits per heavy atom. The van der Waals surface area contributed by atoms with Crippen LogP contribution in [-0.4, -0.2) is 42.3 Å². The number of carbonyl (C=O) groups is 1. The second-order valence-electron chi connectivity index (χ2n) is 4.89. The first kappa shape index (κ1) is 14.6. The predicted molar refractivity (Wildman–Crippen MR) is 72.6 cm³/mol. The molecule has 0 radical (unpaired) electrons. The fraction of sp³-hybridized carbons (Fsp3) is 0.917. The average Bonchev–Trinajstić information content (AvgIpc) is 2.76. The van der Waals surface area contributed by atoms with E-state index in [-0.39, 0.29) is 11.6 Å². The molecule has 2 N–H and O–H groups in total. The van der Waals surface area contributed by atoms with Gasteiger partial charge in [0.2, 0.25) is 0 Å². The van der Waals surface area contributed by atoms with E-state index in [1.807, 2.05) is 32.5 Å². The van der Waals surface area contributed by atoms with Crippen LogP contribution in [0.4, 0.5) is 4.79 Å². The van der Waals surface area contributed by atoms with Gasteiger partial charge in [0.25, 0.3) is 0 Å². The third-order valence-corrected chi connectivity index (χ3v) is 4.12. The van der Waals surface area contributed by atoms with Gasteiger partial charge >= 0.3 is 6.03 Å². The molecule has 1 atom stereocenters. The first-order chi connectivity index (χ1) is 8.03. The van der Waals surface area contributed by atoms with Crippen LogP contribution in [0.25, 0.3) is 0 Å². The maximum absolute atomic E-state index is 11.6. The fourth-order valence-corrected chi connectivity index (χ4v) is 3.01. The van der Waals surface area contributed by atoms with Gasteiger partial charge in [-0.1, -0.05) is 0 Å². The Balaban J connectivity index is 2.11. The number of ether oxygens (including phenoxy) is 1. The van der Waals surface area contributed by atoms with Gasteiger partial charge in [-0.25, -0.2) is 4.79 Å². The minimum Gasteiger partial charge on any atom is -0.374 e. The normalized spacial score (nSPS) is 20.3. The largest absolute Gasteiger partial charge is 0.374 e. The van der Waals surface area contributed by atoms with Crippen molar-refractivity contribution in [2.24, 2.45) is 0 Å². The maximum atomic E-state index is 11.6. The zero-order valence-electron chi connectivity index (χ0n) is 11.0. The molecule has 17 heavy (non-hydrogen) atoms. The Kier molecular flexibility index (Phi) is 6.12. The number of carbonyl (C=O) groups excluding carboxylic acids is 1. The molecule has 1 aliphatic rings. The smallest absolute Gasteiger partial charge is 0.314 e. The molecular weight excluding hydrogens is 236 g/mol. The van der Waals surface area contributed by atoms with Crippen LogP contribution >= 0.6 is 11.8 Å². The number of hydrogen-bond acceptors (Lipinski definition) is 3. The minimum atomic E-state index is -0.297. The first-order valence-electron chi connectivity index (χ1n) is 6.31. The summed E-state index contributed by atoms with van der Waals surface area (Å²) in [5, 5.41) is 6.36. The van der Waals surface area contributed by atoms with Crippen molar-refractivity contribution in [3.63, 3.8) is 0 Å². The molecule has 1 fully saturated rings. The van der Waals surface area contributed by atoms with E-state index in [4.69, 9.17) is 4.74 Å². The highest BCUT2D eigenvalue weighted by atomic mass is 32.2. The van der Waals surface area contributed by atoms with Crippen LogP contribution in [0, 0.1) is 0 Å². The van der Waals surface area contributed by atoms with Crippen molar-refractivity contribution in [2.75, 3.05) is 25.4 Å². The van der Waals surface area contributed by atoms with Crippen molar-refractivity contribution in [1.29, 1.82) is 0 Å². The highest BCUT2D eigenvalue weighted by Gasteiger charge is 2.19. The zero-order valence-corrected chi connectivity index (χ0v) is 11.9. The number of hydrogen-bond donors (Lipinski definition) is 2. The molecule has 0 saturated carbocycles. The van der Waals surface area contributed by atoms with Crippen molar-refractivity contribution in [2.45, 2.75) is 44.5 Å². The topological polar surface area (TPSA) is 50.4 Å². The van der Waals surface area contributed by atoms with Crippen LogP contribution in [0.2, 0.25) is 0 Å². The monoisotopic (exact) mass is 260 g/mol. The summed E-state index contributed by atoms with van der Waals surface area (Å²) in [6.45, 7) is 7.87. The van der Waals surface area contributed by atoms with Gasteiger partial charge in [0, 0.05) is 24.9 Å². The lowest BCUT2D eigenvalue weighted by Gasteiger charge is -2.25. The van der Waals surface area contributed by atoms with E-state index >= 15 is 0 Å². The predicted octanol–water partition coefficient (Wildman–Crippen LogP) is 2.00. The standard InChI is InChI=1S/C12H24N2O2S/c1-4-16-12(2,3)9-14-11(15)13-8-10-6-5-7-17-10/h10H,4-9H2,1-3H3,(H2,13,14,15)/t10-/m1/s1. The van der Waals surface area contributed by atoms with Gasteiger partial charge in [-0.05, 0) is 39.4 Å². The second-order valence-corrected chi connectivity index (χ2v) is 6.30. The lowest BCUT2D eigenvalue weighted by atomic mass is 10.1. The van der Waals surface area contributed by atoms with Crippen LogP contribution in [0.5, 0.6) is 0 Å². The van der Waals surface area contributed by atoms with E-state index in [1.54, 1.807) is 0 Å². The van der Waals surface area contributed by atoms with Crippen molar-refractivity contribution >= 4 is 17.8 Å². The molecule has 1 saturated heterocycles. The van der Waals surface area contributed by atoms with Gasteiger partial charge in [-0.2, -0.15) is 11.8 Å². The molecule has 1 aliphatic heterocycles. The average molecular weight is 260 g/mol. The summed E-state index contributed by atoms with van der Waals surface area (Å²) >= 11 is 1.95. The summed E-state index contributed by atoms with van der Waals surface area (Å²) in [6.07, 6.45) is 2.49. The molecule has 1 heterocycles. The molecule has 0 spiro atoms. The molecule has 0 aromatic heterocycles. The minimum absolute atomic E-state index is 0.0923. The number of nitrogens with one attached hydrogen (secondary N) is 2. The molecule has 1 rings (SSSR count). The van der Waals surface area contributed by atoms with Crippen LogP contribution in [-0.2, 0) is 4.74 Å². The zero-order chi connectivity index (χ0) is 12.7. The highest BCUT2D eigenvalue weighted by molar-refractivity contribution is 8.00. The summed E-state index contributed by atoms with van der Waals surface area (Å²) in [5.74, 6) is 1.23. The molecule has 100 valence electrons. The van der Waals surface area contributed by atoms with E-state index in [1.165, 1.54) is 18.6 Å². The Labute approximate surface area is 108 Å². The summed E-state index contributed by atoms with van der Waals surface area (Å²) in [6, 6.07) is -0.0923. The fourth-order valence-electron chi connectivity index (χ4n) is 1.81. The van der Waals surface area contributed by atoms with Crippen molar-refractivity contribution in [3.8, 4) is 0 Å². The van der Waals surface area contributed by atoms with Crippen molar-refractivity contribution in [1.82, 2.24) is 10.6 Å². The third kappa shape index (κ3) is 6.17. The van der Waals surface area contributed by atoms with Crippen LogP contribution < -0.4 is 10.6 Å². The van der Waals surface area contributed by atoms with E-state index < -0.39 is 0 Å². The highest BCUT2D eigenvalue weighted by Crippen LogP contribution is 2.25. The number of thioether (sulfide) groups is 1. The quantitative estimate of drug-likeness (QED) is 0.768. The van der Waals surface area contributed by atoms with Crippen molar-refractivity contribution in [3.05, 3.63) is 0 Å². The molecule has 4 nitrogen and oxygen atoms in total. The van der Waals surface area contributed by atoms with Gasteiger partial charge in [0.15, 0.2) is 0 Å². The van der Waals surface area contributed by atoms with Gasteiger partial charge in [-0.3, -0.25) is 0 Å². The van der Waals surface area contributed by atoms with Gasteiger partial charge in [0.1, 0.15) is 0 Å². The summed E-state index contributed by atoms with van der Waals surface area (Å²) in [7, 11) is 0. The molecule has 5 heteroatoms. The number of amides is 2. The van der Waals surface area contributed by atoms with Gasteiger partial charge in [0.05, 0.1) is 5.60 Å². The second kappa shape index (κ2) is 7.11. The summed E-state index contributed by atoms with van der Waals surface area (Å²) in [4.78, 5) is 11.6. The molecule has 0 bridgehead atoms. The van der Waals surface area contributed by atoms with E-state index in [0.29, 0.717) is 18.4 Å². The third-order valence-electron chi connectivity index (χ3n) is 2.72. The molecule has 0 aromatic rings. The maximum Gasteiger partial charge on any atom is 0.314 e. The Morgan fingerprint density at radius 1 is 1.47 bits per heavy atom. The van der Waals surface area contributed by atoms with Crippen LogP contribution in [0.3, 0.4) is 0 Å². The Hall–Kier alpha value is -0.420. The van der Waals surface area contributed by atoms with Crippen LogP contribution in [0.15, 0.2) is 0 Å². The Morgan fingerprint density at radius 3 is 2.82 bits per heavy atom. The van der Waals surface area contributed by atoms with Gasteiger partial charge < -0.3 is 15.4 Å². The lowest BCUT2D eigenvalue weighted by molar-refractivity contribution is -0.00689. The SMILES string of the molecule is CCOC(C)(C)CNC(=O)NC[C@H]1CCCS1. The molecule has 0 unspecified atom stereocenters. The molecule has 0 aromatic carbocycles. The number of urea groups is 1. The van der Waals surface area contributed by atoms with Gasteiger partial charge in [-0.15, -0.1) is 0 Å². The molecule has 0 aliphatic carbocycles. The summed E-state index contributed by atoms with van der Waals surface area (Å²) < 4.78 is 5.51. The van der Waals surface area contributed by atoms with Crippen molar-refractivity contribution < 1.29 is 9.53 Å². The van der Waals surface area contributed by atoms with E-state index in [0.717, 1.165) is 6.54 Å². The van der Waals surface area contributed by atoms with E-state index in [2.05, 4.69) is 10.6 Å². The lowest BCUT2D eigenvalue weighted by Crippen LogP contribution is -2.45. The van der Waals surface area contributed by atoms with Crippen LogP contribution in [0.1, 0.15) is 33.6 Å². The first-order valence-corrected chi connectivity index (χ1v) is 7.35. The molecule has 2 amide bonds. The summed E-state index contributed by atoms with van der Waals surface area (Å²) in [5.41, 5.74) is -0.297. The Bertz CT molecular complexity index is 241. The molecular formula is C12H24N2O2S. The number of rotatable bonds is 6.